The summed E-state index contributed by atoms with van der Waals surface area (Å²) < 4.78 is 0. The van der Waals surface area contributed by atoms with Crippen molar-refractivity contribution in [2.75, 3.05) is 13.1 Å². The summed E-state index contributed by atoms with van der Waals surface area (Å²) in [5.41, 5.74) is 0. The highest BCUT2D eigenvalue weighted by atomic mass is 35.5. The second-order valence-electron chi connectivity index (χ2n) is 4.60. The van der Waals surface area contributed by atoms with E-state index in [2.05, 4.69) is 0 Å². The van der Waals surface area contributed by atoms with Crippen LogP contribution in [0.4, 0.5) is 4.79 Å². The Morgan fingerprint density at radius 3 is 2.68 bits per heavy atom. The van der Waals surface area contributed by atoms with Crippen molar-refractivity contribution in [3.8, 4) is 0 Å². The number of likely N-dealkylation sites (tertiary alicyclic amines) is 1. The van der Waals surface area contributed by atoms with Crippen LogP contribution in [-0.4, -0.2) is 57.2 Å². The molecule has 1 unspecified atom stereocenters. The molecule has 6 nitrogen and oxygen atoms in total. The van der Waals surface area contributed by atoms with E-state index in [-0.39, 0.29) is 6.04 Å². The van der Waals surface area contributed by atoms with Crippen molar-refractivity contribution in [1.29, 1.82) is 0 Å². The number of halogens is 1. The lowest BCUT2D eigenvalue weighted by atomic mass is 10.2. The fraction of sp³-hybridized carbons (Fsp3) is 0.500. The van der Waals surface area contributed by atoms with Gasteiger partial charge in [-0.05, 0) is 18.9 Å². The van der Waals surface area contributed by atoms with E-state index in [1.807, 2.05) is 17.1 Å². The first-order valence-electron chi connectivity index (χ1n) is 6.02. The minimum absolute atomic E-state index is 0.341. The van der Waals surface area contributed by atoms with Gasteiger partial charge in [0.05, 0.1) is 6.04 Å². The van der Waals surface area contributed by atoms with Gasteiger partial charge in [0.15, 0.2) is 0 Å². The Kier molecular flexibility index (Phi) is 3.99. The molecule has 0 saturated carbocycles. The lowest BCUT2D eigenvalue weighted by Gasteiger charge is -2.32. The molecule has 2 atom stereocenters. The van der Waals surface area contributed by atoms with Crippen molar-refractivity contribution in [2.45, 2.75) is 24.9 Å². The zero-order valence-corrected chi connectivity index (χ0v) is 11.0. The summed E-state index contributed by atoms with van der Waals surface area (Å²) in [5.74, 6) is -1.09. The first kappa shape index (κ1) is 13.7. The maximum atomic E-state index is 11.2. The summed E-state index contributed by atoms with van der Waals surface area (Å²) in [6, 6.07) is -1.29. The maximum Gasteiger partial charge on any atom is 0.408 e. The number of rotatable bonds is 3. The summed E-state index contributed by atoms with van der Waals surface area (Å²) in [7, 11) is 0. The Hall–Kier alpha value is -1.69. The number of aliphatic carboxylic acids is 1. The number of carbonyl (C=O) groups is 2. The molecule has 0 spiro atoms. The maximum absolute atomic E-state index is 11.2. The third-order valence-electron chi connectivity index (χ3n) is 3.44. The van der Waals surface area contributed by atoms with Crippen LogP contribution in [0.3, 0.4) is 0 Å². The second kappa shape index (κ2) is 5.52. The van der Waals surface area contributed by atoms with Crippen molar-refractivity contribution in [3.05, 3.63) is 23.4 Å². The van der Waals surface area contributed by atoms with Gasteiger partial charge in [-0.3, -0.25) is 4.90 Å². The molecular weight excluding hydrogens is 272 g/mol. The Balaban J connectivity index is 2.08. The van der Waals surface area contributed by atoms with E-state index in [1.165, 1.54) is 0 Å². The lowest BCUT2D eigenvalue weighted by Crippen LogP contribution is -2.48. The van der Waals surface area contributed by atoms with Crippen molar-refractivity contribution < 1.29 is 19.8 Å². The van der Waals surface area contributed by atoms with Crippen LogP contribution in [0.2, 0.25) is 0 Å². The van der Waals surface area contributed by atoms with E-state index in [9.17, 15) is 14.7 Å². The monoisotopic (exact) mass is 286 g/mol. The van der Waals surface area contributed by atoms with Gasteiger partial charge in [0.1, 0.15) is 11.2 Å². The zero-order valence-electron chi connectivity index (χ0n) is 10.2. The standard InChI is InChI=1S/C12H15ClN2O4/c13-10-3-1-2-6-14(10)7-8-4-5-9(11(16)17)15(8)12(18)19/h1-3,8-9H,4-7H2,(H,16,17)(H,18,19)/t8-,9?/m0/s1. The quantitative estimate of drug-likeness (QED) is 0.769. The molecule has 2 aliphatic heterocycles. The number of allylic oxidation sites excluding steroid dienone is 2. The highest BCUT2D eigenvalue weighted by Gasteiger charge is 2.41. The number of hydrogen-bond donors (Lipinski definition) is 2. The minimum Gasteiger partial charge on any atom is -0.480 e. The molecule has 0 aliphatic carbocycles. The van der Waals surface area contributed by atoms with Gasteiger partial charge in [-0.1, -0.05) is 23.8 Å². The Labute approximate surface area is 115 Å². The minimum atomic E-state index is -1.19. The van der Waals surface area contributed by atoms with E-state index in [0.717, 1.165) is 4.90 Å². The molecule has 0 aromatic rings. The van der Waals surface area contributed by atoms with E-state index in [4.69, 9.17) is 16.7 Å². The summed E-state index contributed by atoms with van der Waals surface area (Å²) in [5, 5.41) is 18.8. The predicted molar refractivity (Wildman–Crippen MR) is 69.0 cm³/mol. The molecular formula is C12H15ClN2O4. The Morgan fingerprint density at radius 2 is 2.11 bits per heavy atom. The van der Waals surface area contributed by atoms with Crippen LogP contribution >= 0.6 is 11.6 Å². The molecule has 104 valence electrons. The van der Waals surface area contributed by atoms with Crippen molar-refractivity contribution >= 4 is 23.7 Å². The van der Waals surface area contributed by atoms with Crippen molar-refractivity contribution in [2.24, 2.45) is 0 Å². The fourth-order valence-electron chi connectivity index (χ4n) is 2.54. The molecule has 2 rings (SSSR count). The van der Waals surface area contributed by atoms with Crippen LogP contribution < -0.4 is 0 Å². The van der Waals surface area contributed by atoms with Gasteiger partial charge in [0.2, 0.25) is 0 Å². The molecule has 1 saturated heterocycles. The van der Waals surface area contributed by atoms with Crippen LogP contribution in [0.1, 0.15) is 12.8 Å². The Bertz CT molecular complexity index is 449. The summed E-state index contributed by atoms with van der Waals surface area (Å²) in [6.45, 7) is 1.02. The molecule has 0 aromatic heterocycles. The SMILES string of the molecule is O=C(O)C1CC[C@@H](CN2CC=CC=C2Cl)N1C(=O)O. The number of carboxylic acid groups (broad SMARTS) is 2. The van der Waals surface area contributed by atoms with E-state index in [1.54, 1.807) is 6.08 Å². The molecule has 1 amide bonds. The molecule has 7 heteroatoms. The smallest absolute Gasteiger partial charge is 0.408 e. The van der Waals surface area contributed by atoms with E-state index in [0.29, 0.717) is 31.1 Å². The van der Waals surface area contributed by atoms with Gasteiger partial charge in [-0.15, -0.1) is 0 Å². The number of nitrogens with zero attached hydrogens (tertiary/aromatic N) is 2. The first-order valence-corrected chi connectivity index (χ1v) is 6.40. The van der Waals surface area contributed by atoms with E-state index >= 15 is 0 Å². The third-order valence-corrected chi connectivity index (χ3v) is 3.80. The number of amides is 1. The summed E-state index contributed by atoms with van der Waals surface area (Å²) in [6.07, 6.45) is 5.18. The molecule has 0 radical (unpaired) electrons. The lowest BCUT2D eigenvalue weighted by molar-refractivity contribution is -0.142. The van der Waals surface area contributed by atoms with Crippen LogP contribution in [0, 0.1) is 0 Å². The van der Waals surface area contributed by atoms with Gasteiger partial charge >= 0.3 is 12.1 Å². The van der Waals surface area contributed by atoms with Gasteiger partial charge in [0.25, 0.3) is 0 Å². The normalized spacial score (nSPS) is 26.5. The zero-order chi connectivity index (χ0) is 14.0. The third kappa shape index (κ3) is 2.84. The average molecular weight is 287 g/mol. The molecule has 0 aromatic carbocycles. The molecule has 1 fully saturated rings. The second-order valence-corrected chi connectivity index (χ2v) is 4.98. The van der Waals surface area contributed by atoms with Gasteiger partial charge in [-0.25, -0.2) is 9.59 Å². The predicted octanol–water partition coefficient (Wildman–Crippen LogP) is 1.53. The topological polar surface area (TPSA) is 81.1 Å². The van der Waals surface area contributed by atoms with Crippen LogP contribution in [0.15, 0.2) is 23.4 Å². The molecule has 2 N–H and O–H groups in total. The van der Waals surface area contributed by atoms with E-state index < -0.39 is 18.1 Å². The first-order chi connectivity index (χ1) is 9.00. The Morgan fingerprint density at radius 1 is 1.37 bits per heavy atom. The van der Waals surface area contributed by atoms with Crippen molar-refractivity contribution in [3.63, 3.8) is 0 Å². The highest BCUT2D eigenvalue weighted by Crippen LogP contribution is 2.27. The van der Waals surface area contributed by atoms with Crippen molar-refractivity contribution in [1.82, 2.24) is 9.80 Å². The van der Waals surface area contributed by atoms with Gasteiger partial charge in [-0.2, -0.15) is 0 Å². The van der Waals surface area contributed by atoms with Gasteiger partial charge < -0.3 is 15.1 Å². The average Bonchev–Trinajstić information content (AvgIpc) is 2.76. The van der Waals surface area contributed by atoms with Crippen LogP contribution in [0.5, 0.6) is 0 Å². The molecule has 2 aliphatic rings. The van der Waals surface area contributed by atoms with Crippen LogP contribution in [0.25, 0.3) is 0 Å². The highest BCUT2D eigenvalue weighted by molar-refractivity contribution is 6.29. The molecule has 2 heterocycles. The van der Waals surface area contributed by atoms with Crippen LogP contribution in [-0.2, 0) is 4.79 Å². The number of hydrogen-bond acceptors (Lipinski definition) is 3. The summed E-state index contributed by atoms with van der Waals surface area (Å²) in [4.78, 5) is 25.2. The number of carboxylic acids is 1. The largest absolute Gasteiger partial charge is 0.480 e. The van der Waals surface area contributed by atoms with Gasteiger partial charge in [0, 0.05) is 13.1 Å². The molecule has 0 bridgehead atoms. The summed E-state index contributed by atoms with van der Waals surface area (Å²) >= 11 is 6.04. The fourth-order valence-corrected chi connectivity index (χ4v) is 2.75. The molecule has 19 heavy (non-hydrogen) atoms.